The molecule has 1 aliphatic heterocycles. The van der Waals surface area contributed by atoms with Crippen LogP contribution in [-0.2, 0) is 16.1 Å². The molecule has 29 heavy (non-hydrogen) atoms. The monoisotopic (exact) mass is 401 g/mol. The van der Waals surface area contributed by atoms with Gasteiger partial charge in [0.2, 0.25) is 17.7 Å². The van der Waals surface area contributed by atoms with Gasteiger partial charge in [-0.05, 0) is 40.0 Å². The van der Waals surface area contributed by atoms with Crippen LogP contribution in [0.3, 0.4) is 0 Å². The maximum absolute atomic E-state index is 12.6. The summed E-state index contributed by atoms with van der Waals surface area (Å²) in [6.45, 7) is 9.76. The van der Waals surface area contributed by atoms with Crippen molar-refractivity contribution >= 4 is 22.9 Å². The van der Waals surface area contributed by atoms with Crippen molar-refractivity contribution in [2.45, 2.75) is 32.9 Å². The Hall–Kier alpha value is -2.45. The molecule has 0 spiro atoms. The summed E-state index contributed by atoms with van der Waals surface area (Å²) in [6.07, 6.45) is 0. The van der Waals surface area contributed by atoms with Gasteiger partial charge in [0.15, 0.2) is 5.58 Å². The first kappa shape index (κ1) is 21.3. The second-order valence-electron chi connectivity index (χ2n) is 8.70. The number of amides is 2. The molecule has 8 heteroatoms. The number of hydrogen-bond donors (Lipinski definition) is 1. The standard InChI is InChI=1S/C21H31N5O3/c1-21(2,3)23-18(27)13-25-9-11-26(12-10-25)20(28)15-24(4)14-19-22-16-7-5-6-8-17(16)29-19/h5-8H,9-15H2,1-4H3,(H,23,27). The van der Waals surface area contributed by atoms with Crippen molar-refractivity contribution in [3.8, 4) is 0 Å². The molecule has 0 bridgehead atoms. The summed E-state index contributed by atoms with van der Waals surface area (Å²) in [6, 6.07) is 7.64. The molecule has 0 radical (unpaired) electrons. The van der Waals surface area contributed by atoms with Crippen LogP contribution in [0.25, 0.3) is 11.1 Å². The third kappa shape index (κ3) is 6.27. The molecule has 2 heterocycles. The Balaban J connectivity index is 1.42. The third-order valence-electron chi connectivity index (χ3n) is 4.76. The highest BCUT2D eigenvalue weighted by Crippen LogP contribution is 2.15. The van der Waals surface area contributed by atoms with Gasteiger partial charge in [-0.2, -0.15) is 0 Å². The van der Waals surface area contributed by atoms with E-state index in [2.05, 4.69) is 15.2 Å². The fourth-order valence-corrected chi connectivity index (χ4v) is 3.42. The van der Waals surface area contributed by atoms with Crippen molar-refractivity contribution < 1.29 is 14.0 Å². The maximum Gasteiger partial charge on any atom is 0.236 e. The average Bonchev–Trinajstić information content (AvgIpc) is 3.02. The van der Waals surface area contributed by atoms with Gasteiger partial charge in [0.25, 0.3) is 0 Å². The van der Waals surface area contributed by atoms with Gasteiger partial charge in [-0.1, -0.05) is 12.1 Å². The molecule has 0 atom stereocenters. The fraction of sp³-hybridized carbons (Fsp3) is 0.571. The van der Waals surface area contributed by atoms with Crippen LogP contribution in [-0.4, -0.2) is 83.4 Å². The van der Waals surface area contributed by atoms with Crippen LogP contribution in [0.1, 0.15) is 26.7 Å². The minimum absolute atomic E-state index is 0.0235. The molecule has 1 saturated heterocycles. The van der Waals surface area contributed by atoms with Crippen molar-refractivity contribution in [3.63, 3.8) is 0 Å². The molecule has 1 fully saturated rings. The molecule has 2 amide bonds. The summed E-state index contributed by atoms with van der Waals surface area (Å²) < 4.78 is 5.73. The van der Waals surface area contributed by atoms with Crippen LogP contribution in [0.5, 0.6) is 0 Å². The topological polar surface area (TPSA) is 81.9 Å². The first-order chi connectivity index (χ1) is 13.7. The van der Waals surface area contributed by atoms with Crippen LogP contribution in [0.15, 0.2) is 28.7 Å². The van der Waals surface area contributed by atoms with Crippen LogP contribution in [0.4, 0.5) is 0 Å². The molecule has 2 aromatic rings. The predicted octanol–water partition coefficient (Wildman–Crippen LogP) is 1.32. The predicted molar refractivity (Wildman–Crippen MR) is 111 cm³/mol. The molecule has 0 saturated carbocycles. The number of likely N-dealkylation sites (N-methyl/N-ethyl adjacent to an activating group) is 1. The van der Waals surface area contributed by atoms with E-state index < -0.39 is 0 Å². The highest BCUT2D eigenvalue weighted by molar-refractivity contribution is 5.79. The second-order valence-corrected chi connectivity index (χ2v) is 8.70. The van der Waals surface area contributed by atoms with Gasteiger partial charge >= 0.3 is 0 Å². The normalized spacial score (nSPS) is 15.8. The van der Waals surface area contributed by atoms with Crippen molar-refractivity contribution in [3.05, 3.63) is 30.2 Å². The Kier molecular flexibility index (Phi) is 6.54. The van der Waals surface area contributed by atoms with E-state index in [1.165, 1.54) is 0 Å². The third-order valence-corrected chi connectivity index (χ3v) is 4.76. The van der Waals surface area contributed by atoms with Crippen molar-refractivity contribution in [1.82, 2.24) is 25.0 Å². The zero-order chi connectivity index (χ0) is 21.0. The first-order valence-electron chi connectivity index (χ1n) is 10.0. The molecule has 158 valence electrons. The number of carbonyl (C=O) groups is 2. The average molecular weight is 402 g/mol. The highest BCUT2D eigenvalue weighted by Gasteiger charge is 2.24. The lowest BCUT2D eigenvalue weighted by molar-refractivity contribution is -0.134. The number of carbonyl (C=O) groups excluding carboxylic acids is 2. The minimum atomic E-state index is -0.228. The molecule has 0 aliphatic carbocycles. The lowest BCUT2D eigenvalue weighted by Gasteiger charge is -2.35. The quantitative estimate of drug-likeness (QED) is 0.786. The Morgan fingerprint density at radius 2 is 1.86 bits per heavy atom. The van der Waals surface area contributed by atoms with Crippen LogP contribution < -0.4 is 5.32 Å². The summed E-state index contributed by atoms with van der Waals surface area (Å²) in [4.78, 5) is 35.0. The Morgan fingerprint density at radius 3 is 2.52 bits per heavy atom. The largest absolute Gasteiger partial charge is 0.439 e. The van der Waals surface area contributed by atoms with Gasteiger partial charge in [-0.3, -0.25) is 19.4 Å². The van der Waals surface area contributed by atoms with E-state index in [1.807, 2.05) is 61.9 Å². The van der Waals surface area contributed by atoms with Gasteiger partial charge in [0.05, 0.1) is 19.6 Å². The number of oxazole rings is 1. The summed E-state index contributed by atoms with van der Waals surface area (Å²) in [5.74, 6) is 0.717. The number of nitrogens with zero attached hydrogens (tertiary/aromatic N) is 4. The molecular weight excluding hydrogens is 370 g/mol. The first-order valence-corrected chi connectivity index (χ1v) is 10.0. The molecule has 1 aromatic carbocycles. The second kappa shape index (κ2) is 8.92. The minimum Gasteiger partial charge on any atom is -0.439 e. The van der Waals surface area contributed by atoms with Crippen molar-refractivity contribution in [2.24, 2.45) is 0 Å². The molecule has 0 unspecified atom stereocenters. The van der Waals surface area contributed by atoms with E-state index in [-0.39, 0.29) is 17.4 Å². The molecular formula is C21H31N5O3. The molecule has 1 aliphatic rings. The SMILES string of the molecule is CN(CC(=O)N1CCN(CC(=O)NC(C)(C)C)CC1)Cc1nc2ccccc2o1. The Morgan fingerprint density at radius 1 is 1.17 bits per heavy atom. The number of para-hydroxylation sites is 2. The Labute approximate surface area is 171 Å². The smallest absolute Gasteiger partial charge is 0.236 e. The summed E-state index contributed by atoms with van der Waals surface area (Å²) in [5.41, 5.74) is 1.36. The van der Waals surface area contributed by atoms with E-state index in [4.69, 9.17) is 4.42 Å². The van der Waals surface area contributed by atoms with Crippen LogP contribution >= 0.6 is 0 Å². The number of benzene rings is 1. The van der Waals surface area contributed by atoms with Gasteiger partial charge in [0.1, 0.15) is 5.52 Å². The maximum atomic E-state index is 12.6. The van der Waals surface area contributed by atoms with E-state index in [0.717, 1.165) is 11.1 Å². The van der Waals surface area contributed by atoms with Gasteiger partial charge in [-0.25, -0.2) is 4.98 Å². The lowest BCUT2D eigenvalue weighted by atomic mass is 10.1. The summed E-state index contributed by atoms with van der Waals surface area (Å²) in [7, 11) is 1.89. The summed E-state index contributed by atoms with van der Waals surface area (Å²) in [5, 5.41) is 2.98. The Bertz CT molecular complexity index is 816. The number of nitrogens with one attached hydrogen (secondary N) is 1. The summed E-state index contributed by atoms with van der Waals surface area (Å²) >= 11 is 0. The molecule has 3 rings (SSSR count). The van der Waals surface area contributed by atoms with Crippen molar-refractivity contribution in [1.29, 1.82) is 0 Å². The van der Waals surface area contributed by atoms with E-state index >= 15 is 0 Å². The number of aromatic nitrogens is 1. The van der Waals surface area contributed by atoms with Crippen LogP contribution in [0, 0.1) is 0 Å². The van der Waals surface area contributed by atoms with E-state index in [9.17, 15) is 9.59 Å². The number of hydrogen-bond acceptors (Lipinski definition) is 6. The highest BCUT2D eigenvalue weighted by atomic mass is 16.3. The van der Waals surface area contributed by atoms with Crippen LogP contribution in [0.2, 0.25) is 0 Å². The van der Waals surface area contributed by atoms with E-state index in [1.54, 1.807) is 0 Å². The van der Waals surface area contributed by atoms with Gasteiger partial charge in [-0.15, -0.1) is 0 Å². The number of rotatable bonds is 6. The lowest BCUT2D eigenvalue weighted by Crippen LogP contribution is -2.54. The molecule has 1 N–H and O–H groups in total. The van der Waals surface area contributed by atoms with Crippen molar-refractivity contribution in [2.75, 3.05) is 46.3 Å². The fourth-order valence-electron chi connectivity index (χ4n) is 3.42. The number of piperazine rings is 1. The van der Waals surface area contributed by atoms with Gasteiger partial charge < -0.3 is 14.6 Å². The molecule has 8 nitrogen and oxygen atoms in total. The zero-order valence-corrected chi connectivity index (χ0v) is 17.8. The zero-order valence-electron chi connectivity index (χ0n) is 17.8. The molecule has 1 aromatic heterocycles. The number of fused-ring (bicyclic) bond motifs is 1. The van der Waals surface area contributed by atoms with Gasteiger partial charge in [0, 0.05) is 31.7 Å². The van der Waals surface area contributed by atoms with E-state index in [0.29, 0.717) is 51.7 Å².